The number of primary amides is 1. The molecule has 0 heterocycles. The van der Waals surface area contributed by atoms with Crippen molar-refractivity contribution in [2.75, 3.05) is 40.5 Å². The number of carboxylic acid groups (broad SMARTS) is 1. The van der Waals surface area contributed by atoms with E-state index in [2.05, 4.69) is 42.2 Å². The monoisotopic (exact) mass is 1060 g/mol. The number of hydrogen-bond acceptors (Lipinski definition) is 16. The summed E-state index contributed by atoms with van der Waals surface area (Å²) in [6.45, 7) is 4.97. The Bertz CT molecular complexity index is 2060. The molecule has 1 aromatic rings. The predicted molar refractivity (Wildman–Crippen MR) is 262 cm³/mol. The van der Waals surface area contributed by atoms with Crippen LogP contribution in [0.4, 0.5) is 4.79 Å². The molecule has 1 rings (SSSR count). The number of nitrogens with two attached hydrogens (primary N) is 4. The average Bonchev–Trinajstić information content (AvgIpc) is 3.33. The fourth-order valence-corrected chi connectivity index (χ4v) is 7.19. The largest absolute Gasteiger partial charge is 0.480 e. The van der Waals surface area contributed by atoms with E-state index in [-0.39, 0.29) is 64.2 Å². The third-order valence-electron chi connectivity index (χ3n) is 10.7. The number of nitrogens with one attached hydrogen (secondary N) is 7. The van der Waals surface area contributed by atoms with Gasteiger partial charge < -0.3 is 70.0 Å². The first-order valence-corrected chi connectivity index (χ1v) is 24.8. The number of phosphoric ester groups is 1. The van der Waals surface area contributed by atoms with Crippen LogP contribution in [0.25, 0.3) is 0 Å². The Balaban J connectivity index is 3.26. The summed E-state index contributed by atoms with van der Waals surface area (Å²) in [5, 5.41) is 26.8. The zero-order valence-electron chi connectivity index (χ0n) is 41.4. The van der Waals surface area contributed by atoms with E-state index in [1.165, 1.54) is 0 Å². The lowest BCUT2D eigenvalue weighted by Crippen LogP contribution is -2.62. The molecule has 27 nitrogen and oxygen atoms in total. The van der Waals surface area contributed by atoms with Crippen LogP contribution in [0.3, 0.4) is 0 Å². The van der Waals surface area contributed by atoms with Crippen LogP contribution in [0, 0.1) is 11.8 Å². The Morgan fingerprint density at radius 2 is 1.32 bits per heavy atom. The molecule has 1 aromatic carbocycles. The van der Waals surface area contributed by atoms with Crippen molar-refractivity contribution in [1.29, 1.82) is 0 Å². The Hall–Kier alpha value is -6.12. The minimum absolute atomic E-state index is 0.0388. The zero-order valence-corrected chi connectivity index (χ0v) is 43.0. The first-order chi connectivity index (χ1) is 33.9. The summed E-state index contributed by atoms with van der Waals surface area (Å²) in [5.41, 5.74) is 22.9. The molecule has 0 aliphatic heterocycles. The summed E-state index contributed by atoms with van der Waals surface area (Å²) < 4.78 is 33.1. The van der Waals surface area contributed by atoms with E-state index in [1.807, 2.05) is 0 Å². The third-order valence-corrected chi connectivity index (χ3v) is 12.4. The molecular weight excluding hydrogens is 991 g/mol. The van der Waals surface area contributed by atoms with E-state index in [1.54, 1.807) is 52.0 Å². The van der Waals surface area contributed by atoms with Gasteiger partial charge >= 0.3 is 19.9 Å². The van der Waals surface area contributed by atoms with Crippen LogP contribution in [-0.2, 0) is 67.8 Å². The van der Waals surface area contributed by atoms with Crippen LogP contribution in [0.2, 0.25) is 5.02 Å². The number of halogens is 1. The minimum atomic E-state index is -4.31. The highest BCUT2D eigenvalue weighted by Gasteiger charge is 2.37. The summed E-state index contributed by atoms with van der Waals surface area (Å²) in [5.74, 6) is -9.22. The number of benzene rings is 1. The molecule has 16 N–H and O–H groups in total. The summed E-state index contributed by atoms with van der Waals surface area (Å²) in [7, 11) is -2.32. The fraction of sp³-hybridized carbons (Fsp3) is 0.628. The van der Waals surface area contributed by atoms with Gasteiger partial charge in [-0.25, -0.2) is 9.36 Å². The van der Waals surface area contributed by atoms with Crippen LogP contribution in [-0.4, -0.2) is 141 Å². The van der Waals surface area contributed by atoms with Crippen molar-refractivity contribution in [3.8, 4) is 0 Å². The molecule has 0 spiro atoms. The van der Waals surface area contributed by atoms with Gasteiger partial charge in [-0.2, -0.15) is 0 Å². The molecule has 72 heavy (non-hydrogen) atoms. The molecule has 0 aliphatic rings. The van der Waals surface area contributed by atoms with E-state index in [0.29, 0.717) is 23.4 Å². The van der Waals surface area contributed by atoms with Crippen molar-refractivity contribution in [1.82, 2.24) is 37.2 Å². The number of unbranched alkanes of at least 4 members (excludes halogenated alkanes) is 1. The van der Waals surface area contributed by atoms with Crippen LogP contribution in [0.15, 0.2) is 29.3 Å². The third kappa shape index (κ3) is 24.8. The number of ether oxygens (including phenoxy) is 1. The van der Waals surface area contributed by atoms with E-state index < -0.39 is 122 Å². The van der Waals surface area contributed by atoms with Gasteiger partial charge in [0, 0.05) is 44.3 Å². The Morgan fingerprint density at radius 1 is 0.736 bits per heavy atom. The van der Waals surface area contributed by atoms with Gasteiger partial charge in [-0.1, -0.05) is 63.9 Å². The average molecular weight is 1060 g/mol. The van der Waals surface area contributed by atoms with Crippen molar-refractivity contribution in [3.05, 3.63) is 34.9 Å². The fourth-order valence-electron chi connectivity index (χ4n) is 6.31. The quantitative estimate of drug-likeness (QED) is 0.0170. The van der Waals surface area contributed by atoms with Crippen LogP contribution >= 0.6 is 19.4 Å². The molecule has 0 fully saturated rings. The molecule has 0 radical (unpaired) electrons. The molecule has 0 saturated carbocycles. The normalized spacial score (nSPS) is 14.1. The molecule has 0 bridgehead atoms. The Kier molecular flexibility index (Phi) is 29.7. The molecule has 0 aromatic heterocycles. The maximum atomic E-state index is 14.2. The first kappa shape index (κ1) is 63.9. The van der Waals surface area contributed by atoms with Gasteiger partial charge in [0.25, 0.3) is 0 Å². The SMILES string of the molecule is CC[C@H](C)[C@H](NC(=O)[C@H](CCC(N)=O)NC(=O)[C@@H](N)CCCCNC(=O)OCc1ccccc1Cl)C(=O)N[C@@H](COP(=O)(OC)OC)C(=O)N[C@H](C(=O)N[C@@H](CCCN=C(N)N)C(=O)NCC(=O)O)C(C)C. The molecule has 29 heteroatoms. The lowest BCUT2D eigenvalue weighted by Gasteiger charge is -2.30. The maximum absolute atomic E-state index is 14.2. The maximum Gasteiger partial charge on any atom is 0.474 e. The number of rotatable bonds is 35. The lowest BCUT2D eigenvalue weighted by molar-refractivity contribution is -0.139. The number of alkyl carbamates (subject to hydrolysis) is 1. The zero-order chi connectivity index (χ0) is 54.6. The number of carbonyl (C=O) groups is 9. The first-order valence-electron chi connectivity index (χ1n) is 23.0. The van der Waals surface area contributed by atoms with Crippen LogP contribution in [0.5, 0.6) is 0 Å². The highest BCUT2D eigenvalue weighted by Crippen LogP contribution is 2.47. The molecule has 0 aliphatic carbocycles. The number of carboxylic acids is 1. The van der Waals surface area contributed by atoms with E-state index in [9.17, 15) is 47.7 Å². The summed E-state index contributed by atoms with van der Waals surface area (Å²) in [6, 6.07) is -1.65. The van der Waals surface area contributed by atoms with Crippen molar-refractivity contribution in [2.45, 2.75) is 122 Å². The molecule has 8 amide bonds. The number of phosphoric acid groups is 1. The standard InChI is InChI=1S/C43H72ClN12O15P/c1-7-25(4)35(56-38(62)30(17-18-32(46)57)52-36(60)28(45)15-10-11-19-50-43(66)70-22-26-13-8-9-14-27(26)44)41(65)54-31(23-71-72(67,68-5)69-6)39(63)55-34(24(2)3)40(64)53-29(16-12-20-49-42(47)48)37(61)51-21-33(58)59/h8-9,13-14,24-25,28-31,34-35H,7,10-12,15-23,45H2,1-6H3,(H2,46,57)(H,50,66)(H,51,61)(H,52,60)(H,53,64)(H,54,65)(H,55,63)(H,56,62)(H,58,59)(H4,47,48,49)/t25-,28-,29-,30-,31-,34-,35-/m0/s1. The van der Waals surface area contributed by atoms with Crippen molar-refractivity contribution in [2.24, 2.45) is 39.8 Å². The van der Waals surface area contributed by atoms with Gasteiger partial charge in [-0.05, 0) is 56.4 Å². The van der Waals surface area contributed by atoms with Gasteiger partial charge in [0.2, 0.25) is 41.4 Å². The number of aliphatic carboxylic acids is 1. The van der Waals surface area contributed by atoms with Gasteiger partial charge in [0.05, 0.1) is 12.6 Å². The number of hydrogen-bond donors (Lipinski definition) is 12. The topological polar surface area (TPSA) is 428 Å². The Labute approximate surface area is 423 Å². The Morgan fingerprint density at radius 3 is 1.90 bits per heavy atom. The van der Waals surface area contributed by atoms with Gasteiger partial charge in [0.1, 0.15) is 43.4 Å². The predicted octanol–water partition coefficient (Wildman–Crippen LogP) is -0.873. The smallest absolute Gasteiger partial charge is 0.474 e. The second kappa shape index (κ2) is 33.5. The van der Waals surface area contributed by atoms with Crippen LogP contribution < -0.4 is 60.2 Å². The highest BCUT2D eigenvalue weighted by molar-refractivity contribution is 7.48. The van der Waals surface area contributed by atoms with Crippen molar-refractivity contribution in [3.63, 3.8) is 0 Å². The van der Waals surface area contributed by atoms with Crippen molar-refractivity contribution < 1.29 is 71.1 Å². The molecule has 0 saturated heterocycles. The minimum Gasteiger partial charge on any atom is -0.480 e. The highest BCUT2D eigenvalue weighted by atomic mass is 35.5. The van der Waals surface area contributed by atoms with Gasteiger partial charge in [-0.3, -0.25) is 56.9 Å². The second-order valence-corrected chi connectivity index (χ2v) is 18.9. The second-order valence-electron chi connectivity index (χ2n) is 16.7. The molecular formula is C43H72ClN12O15P. The molecule has 7 atom stereocenters. The summed E-state index contributed by atoms with van der Waals surface area (Å²) in [4.78, 5) is 121. The number of aliphatic imine (C=N–C) groups is 1. The number of nitrogens with zero attached hydrogens (tertiary/aromatic N) is 1. The number of guanidine groups is 1. The molecule has 406 valence electrons. The van der Waals surface area contributed by atoms with E-state index in [0.717, 1.165) is 14.2 Å². The summed E-state index contributed by atoms with van der Waals surface area (Å²) in [6.07, 6.45) is -0.0595. The van der Waals surface area contributed by atoms with E-state index in [4.69, 9.17) is 58.0 Å². The number of amides is 8. The van der Waals surface area contributed by atoms with E-state index >= 15 is 0 Å². The van der Waals surface area contributed by atoms with Gasteiger partial charge in [0.15, 0.2) is 5.96 Å². The number of carbonyl (C=O) groups excluding carboxylic acids is 8. The lowest BCUT2D eigenvalue weighted by atomic mass is 9.97. The molecule has 0 unspecified atom stereocenters. The van der Waals surface area contributed by atoms with Crippen LogP contribution in [0.1, 0.15) is 84.6 Å². The van der Waals surface area contributed by atoms with Gasteiger partial charge in [-0.15, -0.1) is 0 Å². The summed E-state index contributed by atoms with van der Waals surface area (Å²) >= 11 is 6.09. The van der Waals surface area contributed by atoms with Crippen molar-refractivity contribution >= 4 is 78.8 Å².